The van der Waals surface area contributed by atoms with Crippen molar-refractivity contribution in [1.29, 1.82) is 0 Å². The van der Waals surface area contributed by atoms with E-state index >= 15 is 0 Å². The van der Waals surface area contributed by atoms with Crippen LogP contribution in [0.25, 0.3) is 0 Å². The standard InChI is InChI=1S/C39H44N2O7/c1-40-17-15-27-28-22-34(44-5)37(45-6)36(27)48-39-35-25(21-33(43-4)38(39)46-7)14-16-41(2)30(35)19-24-10-13-31(42-3)32(20-24)47-26-11-8-23(9-12-26)18-29(28)40/h8-13,20-22,29-30H,14-19H2,1-7H3/t29-,30+/m1/s1. The van der Waals surface area contributed by atoms with E-state index < -0.39 is 0 Å². The Bertz CT molecular complexity index is 1820. The molecule has 0 amide bonds. The Hall–Kier alpha value is -4.60. The van der Waals surface area contributed by atoms with Crippen LogP contribution in [-0.4, -0.2) is 72.5 Å². The summed E-state index contributed by atoms with van der Waals surface area (Å²) in [5.41, 5.74) is 6.80. The summed E-state index contributed by atoms with van der Waals surface area (Å²) < 4.78 is 43.5. The molecule has 8 bridgehead atoms. The van der Waals surface area contributed by atoms with E-state index in [2.05, 4.69) is 60.3 Å². The van der Waals surface area contributed by atoms with Crippen LogP contribution < -0.4 is 33.2 Å². The van der Waals surface area contributed by atoms with Crippen LogP contribution in [0.2, 0.25) is 0 Å². The molecule has 8 rings (SSSR count). The number of likely N-dealkylation sites (N-methyl/N-ethyl adjacent to an activating group) is 2. The highest BCUT2D eigenvalue weighted by atomic mass is 16.6. The highest BCUT2D eigenvalue weighted by molar-refractivity contribution is 5.67. The molecule has 2 atom stereocenters. The molecule has 0 aliphatic carbocycles. The summed E-state index contributed by atoms with van der Waals surface area (Å²) in [6.45, 7) is 1.74. The number of nitrogens with zero attached hydrogens (tertiary/aromatic N) is 2. The topological polar surface area (TPSA) is 71.1 Å². The summed E-state index contributed by atoms with van der Waals surface area (Å²) in [6, 6.07) is 18.8. The van der Waals surface area contributed by atoms with E-state index in [9.17, 15) is 0 Å². The molecule has 0 radical (unpaired) electrons. The Morgan fingerprint density at radius 3 is 1.94 bits per heavy atom. The normalized spacial score (nSPS) is 18.8. The first-order valence-electron chi connectivity index (χ1n) is 16.4. The van der Waals surface area contributed by atoms with Crippen molar-refractivity contribution in [1.82, 2.24) is 9.80 Å². The van der Waals surface area contributed by atoms with Gasteiger partial charge in [0.15, 0.2) is 34.5 Å². The molecule has 0 aromatic heterocycles. The molecule has 9 nitrogen and oxygen atoms in total. The molecule has 4 aliphatic rings. The van der Waals surface area contributed by atoms with Gasteiger partial charge in [-0.25, -0.2) is 0 Å². The lowest BCUT2D eigenvalue weighted by Gasteiger charge is -2.38. The van der Waals surface area contributed by atoms with Crippen LogP contribution in [-0.2, 0) is 25.7 Å². The van der Waals surface area contributed by atoms with E-state index in [1.54, 1.807) is 35.5 Å². The number of benzene rings is 4. The van der Waals surface area contributed by atoms with Gasteiger partial charge >= 0.3 is 0 Å². The first kappa shape index (κ1) is 32.0. The van der Waals surface area contributed by atoms with Gasteiger partial charge in [-0.2, -0.15) is 0 Å². The molecule has 9 heteroatoms. The van der Waals surface area contributed by atoms with Gasteiger partial charge < -0.3 is 33.2 Å². The maximum Gasteiger partial charge on any atom is 0.204 e. The van der Waals surface area contributed by atoms with Crippen molar-refractivity contribution in [2.75, 3.05) is 62.7 Å². The lowest BCUT2D eigenvalue weighted by molar-refractivity contribution is 0.217. The summed E-state index contributed by atoms with van der Waals surface area (Å²) in [5, 5.41) is 0. The third kappa shape index (κ3) is 5.54. The first-order valence-corrected chi connectivity index (χ1v) is 16.4. The fourth-order valence-electron chi connectivity index (χ4n) is 7.56. The van der Waals surface area contributed by atoms with Crippen LogP contribution in [0.4, 0.5) is 0 Å². The summed E-state index contributed by atoms with van der Waals surface area (Å²) in [6.07, 6.45) is 3.13. The number of hydrogen-bond donors (Lipinski definition) is 0. The SMILES string of the molecule is COc1ccc2cc1Oc1ccc(cc1)C[C@@H]1c3cc(OC)c(OC)c(c3CCN1C)Oc1c(OC)c(OC)cc3c1[C@H](C2)N(C)CC3. The van der Waals surface area contributed by atoms with Crippen molar-refractivity contribution < 1.29 is 33.2 Å². The lowest BCUT2D eigenvalue weighted by Crippen LogP contribution is -2.34. The molecule has 4 heterocycles. The molecule has 4 aromatic rings. The Morgan fingerprint density at radius 2 is 1.23 bits per heavy atom. The van der Waals surface area contributed by atoms with E-state index in [-0.39, 0.29) is 12.1 Å². The smallest absolute Gasteiger partial charge is 0.204 e. The van der Waals surface area contributed by atoms with Crippen LogP contribution in [0.3, 0.4) is 0 Å². The number of ether oxygens (including phenoxy) is 7. The van der Waals surface area contributed by atoms with Crippen molar-refractivity contribution >= 4 is 0 Å². The molecule has 4 aromatic carbocycles. The Kier molecular flexibility index (Phi) is 8.74. The minimum absolute atomic E-state index is 0.0331. The van der Waals surface area contributed by atoms with Crippen molar-refractivity contribution in [3.05, 3.63) is 88.0 Å². The van der Waals surface area contributed by atoms with Gasteiger partial charge in [0.25, 0.3) is 0 Å². The average molecular weight is 653 g/mol. The second-order valence-electron chi connectivity index (χ2n) is 12.8. The molecular formula is C39H44N2O7. The molecule has 0 unspecified atom stereocenters. The minimum atomic E-state index is -0.0331. The van der Waals surface area contributed by atoms with E-state index in [1.165, 1.54) is 5.56 Å². The largest absolute Gasteiger partial charge is 0.493 e. The highest BCUT2D eigenvalue weighted by Crippen LogP contribution is 2.54. The Morgan fingerprint density at radius 1 is 0.604 bits per heavy atom. The van der Waals surface area contributed by atoms with Crippen molar-refractivity contribution in [3.8, 4) is 51.7 Å². The molecule has 0 saturated heterocycles. The fourth-order valence-corrected chi connectivity index (χ4v) is 7.56. The summed E-state index contributed by atoms with van der Waals surface area (Å²) >= 11 is 0. The predicted molar refractivity (Wildman–Crippen MR) is 184 cm³/mol. The second kappa shape index (κ2) is 13.1. The van der Waals surface area contributed by atoms with Gasteiger partial charge in [-0.1, -0.05) is 18.2 Å². The van der Waals surface area contributed by atoms with Gasteiger partial charge in [-0.3, -0.25) is 9.80 Å². The maximum absolute atomic E-state index is 7.22. The average Bonchev–Trinajstić information content (AvgIpc) is 3.10. The van der Waals surface area contributed by atoms with E-state index in [4.69, 9.17) is 33.2 Å². The first-order chi connectivity index (χ1) is 23.4. The molecule has 0 saturated carbocycles. The van der Waals surface area contributed by atoms with Crippen LogP contribution in [0.1, 0.15) is 45.5 Å². The zero-order chi connectivity index (χ0) is 33.5. The minimum Gasteiger partial charge on any atom is -0.493 e. The molecular weight excluding hydrogens is 608 g/mol. The van der Waals surface area contributed by atoms with Crippen LogP contribution >= 0.6 is 0 Å². The second-order valence-corrected chi connectivity index (χ2v) is 12.8. The van der Waals surface area contributed by atoms with Gasteiger partial charge in [0.05, 0.1) is 35.5 Å². The van der Waals surface area contributed by atoms with Crippen molar-refractivity contribution in [3.63, 3.8) is 0 Å². The van der Waals surface area contributed by atoms with Gasteiger partial charge in [-0.15, -0.1) is 0 Å². The number of hydrogen-bond acceptors (Lipinski definition) is 9. The molecule has 0 fully saturated rings. The van der Waals surface area contributed by atoms with Gasteiger partial charge in [0, 0.05) is 36.3 Å². The van der Waals surface area contributed by atoms with Gasteiger partial charge in [0.1, 0.15) is 5.75 Å². The van der Waals surface area contributed by atoms with E-state index in [0.717, 1.165) is 65.9 Å². The number of methoxy groups -OCH3 is 5. The Labute approximate surface area is 282 Å². The third-order valence-corrected chi connectivity index (χ3v) is 10.2. The number of rotatable bonds is 5. The lowest BCUT2D eigenvalue weighted by atomic mass is 9.86. The quantitative estimate of drug-likeness (QED) is 0.223. The van der Waals surface area contributed by atoms with Crippen molar-refractivity contribution in [2.45, 2.75) is 37.8 Å². The van der Waals surface area contributed by atoms with Gasteiger partial charge in [-0.05, 0) is 98.4 Å². The maximum atomic E-state index is 7.22. The van der Waals surface area contributed by atoms with Crippen LogP contribution in [0.5, 0.6) is 51.7 Å². The van der Waals surface area contributed by atoms with Crippen molar-refractivity contribution in [2.24, 2.45) is 0 Å². The molecule has 4 aliphatic heterocycles. The summed E-state index contributed by atoms with van der Waals surface area (Å²) in [7, 11) is 12.7. The molecule has 48 heavy (non-hydrogen) atoms. The van der Waals surface area contributed by atoms with Crippen LogP contribution in [0, 0.1) is 0 Å². The number of fused-ring (bicyclic) bond motifs is 2. The summed E-state index contributed by atoms with van der Waals surface area (Å²) in [4.78, 5) is 4.78. The molecule has 252 valence electrons. The summed E-state index contributed by atoms with van der Waals surface area (Å²) in [5.74, 6) is 5.77. The fraction of sp³-hybridized carbons (Fsp3) is 0.385. The highest BCUT2D eigenvalue weighted by Gasteiger charge is 2.36. The zero-order valence-corrected chi connectivity index (χ0v) is 28.8. The predicted octanol–water partition coefficient (Wildman–Crippen LogP) is 7.17. The zero-order valence-electron chi connectivity index (χ0n) is 28.8. The van der Waals surface area contributed by atoms with E-state index in [1.807, 2.05) is 18.2 Å². The molecule has 0 spiro atoms. The van der Waals surface area contributed by atoms with Gasteiger partial charge in [0.2, 0.25) is 11.5 Å². The van der Waals surface area contributed by atoms with E-state index in [0.29, 0.717) is 52.4 Å². The molecule has 0 N–H and O–H groups in total. The Balaban J connectivity index is 1.51. The monoisotopic (exact) mass is 652 g/mol. The third-order valence-electron chi connectivity index (χ3n) is 10.2. The van der Waals surface area contributed by atoms with Crippen LogP contribution in [0.15, 0.2) is 54.6 Å².